The van der Waals surface area contributed by atoms with E-state index in [2.05, 4.69) is 0 Å². The second-order valence-electron chi connectivity index (χ2n) is 2.73. The summed E-state index contributed by atoms with van der Waals surface area (Å²) >= 11 is 0. The Hall–Kier alpha value is -1.29. The summed E-state index contributed by atoms with van der Waals surface area (Å²) in [6.07, 6.45) is 0.118. The maximum Gasteiger partial charge on any atom is 0.219 e. The number of carbonyl (C=O) groups is 1. The lowest BCUT2D eigenvalue weighted by molar-refractivity contribution is -0.118. The van der Waals surface area contributed by atoms with Crippen LogP contribution in [-0.2, 0) is 4.79 Å². The van der Waals surface area contributed by atoms with Gasteiger partial charge in [0.15, 0.2) is 0 Å². The van der Waals surface area contributed by atoms with Crippen molar-refractivity contribution in [3.8, 4) is 0 Å². The van der Waals surface area contributed by atoms with Crippen LogP contribution in [0.3, 0.4) is 0 Å². The molecular weight excluding hydrogens is 156 g/mol. The fourth-order valence-electron chi connectivity index (χ4n) is 0.970. The van der Waals surface area contributed by atoms with Gasteiger partial charge in [-0.2, -0.15) is 0 Å². The Balaban J connectivity index is 2.64. The lowest BCUT2D eigenvalue weighted by Gasteiger charge is -2.04. The van der Waals surface area contributed by atoms with Crippen LogP contribution in [0.5, 0.6) is 0 Å². The van der Waals surface area contributed by atoms with Crippen LogP contribution in [0.2, 0.25) is 0 Å². The molecule has 4 heteroatoms. The molecule has 12 heavy (non-hydrogen) atoms. The van der Waals surface area contributed by atoms with E-state index in [4.69, 9.17) is 15.9 Å². The molecule has 4 N–H and O–H groups in total. The van der Waals surface area contributed by atoms with Crippen LogP contribution >= 0.6 is 0 Å². The van der Waals surface area contributed by atoms with E-state index in [1.54, 1.807) is 12.1 Å². The van der Waals surface area contributed by atoms with Gasteiger partial charge in [-0.3, -0.25) is 4.79 Å². The topological polar surface area (TPSA) is 82.2 Å². The van der Waals surface area contributed by atoms with E-state index in [1.807, 2.05) is 6.92 Å². The highest BCUT2D eigenvalue weighted by atomic mass is 16.3. The standard InChI is InChI=1S/C8H12N2O2/c1-5-2-3-7(12-5)6(9)4-8(10)11/h2-3,6H,4,9H2,1H3,(H2,10,11)/t6-/m0/s1. The first-order chi connectivity index (χ1) is 5.59. The molecule has 4 nitrogen and oxygen atoms in total. The van der Waals surface area contributed by atoms with Crippen LogP contribution in [0.25, 0.3) is 0 Å². The SMILES string of the molecule is Cc1ccc([C@@H](N)CC(N)=O)o1. The second-order valence-corrected chi connectivity index (χ2v) is 2.73. The monoisotopic (exact) mass is 168 g/mol. The van der Waals surface area contributed by atoms with Gasteiger partial charge in [0.1, 0.15) is 11.5 Å². The normalized spacial score (nSPS) is 12.8. The van der Waals surface area contributed by atoms with Gasteiger partial charge in [0.05, 0.1) is 6.04 Å². The van der Waals surface area contributed by atoms with Gasteiger partial charge in [-0.25, -0.2) is 0 Å². The van der Waals surface area contributed by atoms with Gasteiger partial charge in [0, 0.05) is 6.42 Å². The van der Waals surface area contributed by atoms with Gasteiger partial charge in [0.25, 0.3) is 0 Å². The van der Waals surface area contributed by atoms with Crippen LogP contribution in [0.1, 0.15) is 24.0 Å². The molecule has 1 aromatic heterocycles. The predicted octanol–water partition coefficient (Wildman–Crippen LogP) is 0.463. The maximum absolute atomic E-state index is 10.5. The molecule has 0 aliphatic carbocycles. The lowest BCUT2D eigenvalue weighted by atomic mass is 10.2. The molecule has 0 fully saturated rings. The number of nitrogens with two attached hydrogens (primary N) is 2. The van der Waals surface area contributed by atoms with E-state index in [0.717, 1.165) is 5.76 Å². The van der Waals surface area contributed by atoms with Crippen molar-refractivity contribution in [3.05, 3.63) is 23.7 Å². The highest BCUT2D eigenvalue weighted by Crippen LogP contribution is 2.16. The molecular formula is C8H12N2O2. The van der Waals surface area contributed by atoms with Crippen molar-refractivity contribution in [2.24, 2.45) is 11.5 Å². The summed E-state index contributed by atoms with van der Waals surface area (Å²) in [7, 11) is 0. The summed E-state index contributed by atoms with van der Waals surface area (Å²) in [4.78, 5) is 10.5. The van der Waals surface area contributed by atoms with Gasteiger partial charge in [-0.1, -0.05) is 0 Å². The highest BCUT2D eigenvalue weighted by molar-refractivity contribution is 5.74. The Morgan fingerprint density at radius 1 is 1.67 bits per heavy atom. The number of rotatable bonds is 3. The predicted molar refractivity (Wildman–Crippen MR) is 44.2 cm³/mol. The van der Waals surface area contributed by atoms with Crippen molar-refractivity contribution >= 4 is 5.91 Å². The summed E-state index contributed by atoms with van der Waals surface area (Å²) < 4.78 is 5.21. The fraction of sp³-hybridized carbons (Fsp3) is 0.375. The molecule has 1 amide bonds. The molecule has 66 valence electrons. The Morgan fingerprint density at radius 3 is 2.75 bits per heavy atom. The Kier molecular flexibility index (Phi) is 2.50. The third kappa shape index (κ3) is 2.10. The molecule has 0 unspecified atom stereocenters. The quantitative estimate of drug-likeness (QED) is 0.688. The zero-order valence-corrected chi connectivity index (χ0v) is 6.91. The molecule has 0 saturated carbocycles. The summed E-state index contributed by atoms with van der Waals surface area (Å²) in [5.74, 6) is 0.966. The van der Waals surface area contributed by atoms with Crippen molar-refractivity contribution in [3.63, 3.8) is 0 Å². The largest absolute Gasteiger partial charge is 0.465 e. The van der Waals surface area contributed by atoms with Gasteiger partial charge in [-0.15, -0.1) is 0 Å². The van der Waals surface area contributed by atoms with Crippen LogP contribution in [0.15, 0.2) is 16.5 Å². The molecule has 0 aromatic carbocycles. The minimum atomic E-state index is -0.420. The van der Waals surface area contributed by atoms with E-state index in [-0.39, 0.29) is 6.42 Å². The summed E-state index contributed by atoms with van der Waals surface area (Å²) in [5.41, 5.74) is 10.6. The molecule has 0 radical (unpaired) electrons. The molecule has 1 atom stereocenters. The minimum absolute atomic E-state index is 0.118. The second kappa shape index (κ2) is 3.40. The maximum atomic E-state index is 10.5. The molecule has 0 bridgehead atoms. The van der Waals surface area contributed by atoms with E-state index in [9.17, 15) is 4.79 Å². The zero-order valence-electron chi connectivity index (χ0n) is 6.91. The summed E-state index contributed by atoms with van der Waals surface area (Å²) in [5, 5.41) is 0. The van der Waals surface area contributed by atoms with Gasteiger partial charge in [0.2, 0.25) is 5.91 Å². The van der Waals surface area contributed by atoms with Crippen LogP contribution in [-0.4, -0.2) is 5.91 Å². The minimum Gasteiger partial charge on any atom is -0.465 e. The smallest absolute Gasteiger partial charge is 0.219 e. The number of amides is 1. The molecule has 1 heterocycles. The molecule has 0 saturated heterocycles. The number of aryl methyl sites for hydroxylation is 1. The summed E-state index contributed by atoms with van der Waals surface area (Å²) in [6.45, 7) is 1.82. The molecule has 0 spiro atoms. The fourth-order valence-corrected chi connectivity index (χ4v) is 0.970. The van der Waals surface area contributed by atoms with E-state index in [1.165, 1.54) is 0 Å². The number of carbonyl (C=O) groups excluding carboxylic acids is 1. The average molecular weight is 168 g/mol. The van der Waals surface area contributed by atoms with E-state index < -0.39 is 11.9 Å². The third-order valence-corrected chi connectivity index (χ3v) is 1.55. The van der Waals surface area contributed by atoms with Crippen molar-refractivity contribution in [1.82, 2.24) is 0 Å². The molecule has 0 aliphatic heterocycles. The number of primary amides is 1. The number of hydrogen-bond donors (Lipinski definition) is 2. The first-order valence-corrected chi connectivity index (χ1v) is 3.70. The first-order valence-electron chi connectivity index (χ1n) is 3.70. The first kappa shape index (κ1) is 8.80. The van der Waals surface area contributed by atoms with Crippen LogP contribution in [0, 0.1) is 6.92 Å². The van der Waals surface area contributed by atoms with Crippen molar-refractivity contribution in [1.29, 1.82) is 0 Å². The van der Waals surface area contributed by atoms with Crippen LogP contribution in [0.4, 0.5) is 0 Å². The van der Waals surface area contributed by atoms with E-state index >= 15 is 0 Å². The van der Waals surface area contributed by atoms with Crippen molar-refractivity contribution in [2.75, 3.05) is 0 Å². The number of hydrogen-bond acceptors (Lipinski definition) is 3. The van der Waals surface area contributed by atoms with Gasteiger partial charge >= 0.3 is 0 Å². The molecule has 1 rings (SSSR count). The number of furan rings is 1. The highest BCUT2D eigenvalue weighted by Gasteiger charge is 2.12. The Labute approximate surface area is 70.5 Å². The van der Waals surface area contributed by atoms with E-state index in [0.29, 0.717) is 5.76 Å². The average Bonchev–Trinajstić information content (AvgIpc) is 2.34. The third-order valence-electron chi connectivity index (χ3n) is 1.55. The zero-order chi connectivity index (χ0) is 9.14. The van der Waals surface area contributed by atoms with Crippen molar-refractivity contribution < 1.29 is 9.21 Å². The van der Waals surface area contributed by atoms with Crippen molar-refractivity contribution in [2.45, 2.75) is 19.4 Å². The van der Waals surface area contributed by atoms with Gasteiger partial charge < -0.3 is 15.9 Å². The Bertz CT molecular complexity index is 280. The lowest BCUT2D eigenvalue weighted by Crippen LogP contribution is -2.20. The Morgan fingerprint density at radius 2 is 2.33 bits per heavy atom. The summed E-state index contributed by atoms with van der Waals surface area (Å²) in [6, 6.07) is 3.13. The van der Waals surface area contributed by atoms with Gasteiger partial charge in [-0.05, 0) is 19.1 Å². The van der Waals surface area contributed by atoms with Crippen LogP contribution < -0.4 is 11.5 Å². The molecule has 1 aromatic rings. The molecule has 0 aliphatic rings.